The lowest BCUT2D eigenvalue weighted by atomic mass is 9.97. The molecule has 0 saturated heterocycles. The standard InChI is InChI=1S/C31H29BrF3N7O2/c1-16(2)11-21-14-36-42-26-15-40(29(43)20-7-10-25(32)24(13-20)31(33,34)35)17(3)12-23(26)30(44)41(28(21)42)22-8-5-19(6-9-22)27-18(4)37-39-38-27/h5-10,13-14,16-17H,11-12,15H2,1-4H3,(H,37,38,39). The number of aryl methyl sites for hydroxylation is 1. The van der Waals surface area contributed by atoms with Crippen molar-refractivity contribution in [2.45, 2.75) is 59.3 Å². The number of aromatic nitrogens is 6. The normalized spacial score (nSPS) is 15.3. The summed E-state index contributed by atoms with van der Waals surface area (Å²) >= 11 is 2.94. The molecular formula is C31H29BrF3N7O2. The molecule has 1 aliphatic heterocycles. The Labute approximate surface area is 258 Å². The molecule has 0 fully saturated rings. The van der Waals surface area contributed by atoms with E-state index in [0.717, 1.165) is 28.6 Å². The van der Waals surface area contributed by atoms with Crippen LogP contribution in [0.5, 0.6) is 0 Å². The quantitative estimate of drug-likeness (QED) is 0.243. The molecule has 13 heteroatoms. The average molecular weight is 669 g/mol. The largest absolute Gasteiger partial charge is 0.417 e. The van der Waals surface area contributed by atoms with Crippen LogP contribution in [0.15, 0.2) is 57.9 Å². The number of aromatic amines is 1. The summed E-state index contributed by atoms with van der Waals surface area (Å²) < 4.78 is 44.0. The van der Waals surface area contributed by atoms with Crippen LogP contribution in [0.25, 0.3) is 22.6 Å². The van der Waals surface area contributed by atoms with Gasteiger partial charge in [0.15, 0.2) is 0 Å². The number of fused-ring (bicyclic) bond motifs is 3. The van der Waals surface area contributed by atoms with Crippen LogP contribution in [0.3, 0.4) is 0 Å². The number of hydrogen-bond acceptors (Lipinski definition) is 5. The number of amides is 1. The minimum atomic E-state index is -4.62. The maximum atomic E-state index is 14.3. The molecule has 9 nitrogen and oxygen atoms in total. The highest BCUT2D eigenvalue weighted by Gasteiger charge is 2.36. The van der Waals surface area contributed by atoms with E-state index in [1.807, 2.05) is 31.2 Å². The van der Waals surface area contributed by atoms with Gasteiger partial charge in [-0.2, -0.15) is 33.7 Å². The lowest BCUT2D eigenvalue weighted by Gasteiger charge is -2.35. The van der Waals surface area contributed by atoms with Crippen LogP contribution in [-0.4, -0.2) is 46.4 Å². The molecule has 1 N–H and O–H groups in total. The summed E-state index contributed by atoms with van der Waals surface area (Å²) in [5.74, 6) is -0.273. The van der Waals surface area contributed by atoms with Crippen LogP contribution in [0.1, 0.15) is 59.2 Å². The van der Waals surface area contributed by atoms with Crippen LogP contribution in [-0.2, 0) is 25.6 Å². The molecule has 5 aromatic rings. The lowest BCUT2D eigenvalue weighted by molar-refractivity contribution is -0.138. The first-order valence-corrected chi connectivity index (χ1v) is 14.9. The van der Waals surface area contributed by atoms with Crippen molar-refractivity contribution >= 4 is 27.5 Å². The number of nitrogens with zero attached hydrogens (tertiary/aromatic N) is 6. The van der Waals surface area contributed by atoms with E-state index in [0.29, 0.717) is 29.0 Å². The van der Waals surface area contributed by atoms with E-state index in [-0.39, 0.29) is 34.5 Å². The minimum absolute atomic E-state index is 0.0203. The van der Waals surface area contributed by atoms with Gasteiger partial charge in [-0.05, 0) is 62.9 Å². The van der Waals surface area contributed by atoms with Gasteiger partial charge in [0.25, 0.3) is 11.5 Å². The molecule has 0 aliphatic carbocycles. The van der Waals surface area contributed by atoms with Crippen molar-refractivity contribution in [3.8, 4) is 16.9 Å². The van der Waals surface area contributed by atoms with Crippen LogP contribution in [0, 0.1) is 12.8 Å². The second-order valence-electron chi connectivity index (χ2n) is 11.6. The summed E-state index contributed by atoms with van der Waals surface area (Å²) in [6, 6.07) is 10.5. The fourth-order valence-electron chi connectivity index (χ4n) is 5.85. The first-order chi connectivity index (χ1) is 20.8. The molecule has 0 saturated carbocycles. The molecule has 3 aromatic heterocycles. The third kappa shape index (κ3) is 5.12. The van der Waals surface area contributed by atoms with Gasteiger partial charge in [0, 0.05) is 32.8 Å². The van der Waals surface area contributed by atoms with Crippen molar-refractivity contribution in [1.29, 1.82) is 0 Å². The van der Waals surface area contributed by atoms with Crippen molar-refractivity contribution in [3.05, 3.63) is 97.1 Å². The molecule has 0 bridgehead atoms. The van der Waals surface area contributed by atoms with Gasteiger partial charge in [0.05, 0.1) is 35.4 Å². The van der Waals surface area contributed by atoms with Gasteiger partial charge < -0.3 is 4.90 Å². The zero-order chi connectivity index (χ0) is 31.5. The Morgan fingerprint density at radius 1 is 1.14 bits per heavy atom. The molecule has 2 aromatic carbocycles. The molecule has 1 atom stereocenters. The van der Waals surface area contributed by atoms with Gasteiger partial charge in [-0.15, -0.1) is 0 Å². The van der Waals surface area contributed by atoms with Crippen LogP contribution >= 0.6 is 15.9 Å². The first kappa shape index (κ1) is 29.8. The number of carbonyl (C=O) groups excluding carboxylic acids is 1. The van der Waals surface area contributed by atoms with Crippen LogP contribution < -0.4 is 5.56 Å². The van der Waals surface area contributed by atoms with E-state index in [2.05, 4.69) is 50.3 Å². The summed E-state index contributed by atoms with van der Waals surface area (Å²) in [6.07, 6.45) is -2.00. The summed E-state index contributed by atoms with van der Waals surface area (Å²) in [5.41, 5.74) is 4.28. The number of hydrogen-bond donors (Lipinski definition) is 1. The zero-order valence-corrected chi connectivity index (χ0v) is 26.0. The highest BCUT2D eigenvalue weighted by atomic mass is 79.9. The SMILES string of the molecule is Cc1n[nH]nc1-c1ccc(-n2c(=O)c3c(n4ncc(CC(C)C)c24)CN(C(=O)c2ccc(Br)c(C(F)(F)F)c2)C(C)C3)cc1. The van der Waals surface area contributed by atoms with E-state index in [4.69, 9.17) is 0 Å². The number of rotatable bonds is 5. The number of halogens is 4. The summed E-state index contributed by atoms with van der Waals surface area (Å²) in [6.45, 7) is 7.83. The van der Waals surface area contributed by atoms with Gasteiger partial charge in [0.2, 0.25) is 0 Å². The maximum Gasteiger partial charge on any atom is 0.417 e. The van der Waals surface area contributed by atoms with E-state index >= 15 is 0 Å². The van der Waals surface area contributed by atoms with Crippen molar-refractivity contribution < 1.29 is 18.0 Å². The lowest BCUT2D eigenvalue weighted by Crippen LogP contribution is -2.46. The molecule has 1 amide bonds. The molecule has 0 spiro atoms. The Morgan fingerprint density at radius 3 is 2.50 bits per heavy atom. The van der Waals surface area contributed by atoms with E-state index in [1.54, 1.807) is 22.2 Å². The van der Waals surface area contributed by atoms with Crippen molar-refractivity contribution in [1.82, 2.24) is 34.5 Å². The number of alkyl halides is 3. The first-order valence-electron chi connectivity index (χ1n) is 14.1. The molecule has 4 heterocycles. The number of benzene rings is 2. The maximum absolute atomic E-state index is 14.3. The molecular weight excluding hydrogens is 639 g/mol. The predicted molar refractivity (Wildman–Crippen MR) is 162 cm³/mol. The summed E-state index contributed by atoms with van der Waals surface area (Å²) in [7, 11) is 0. The fourth-order valence-corrected chi connectivity index (χ4v) is 6.32. The third-order valence-corrected chi connectivity index (χ3v) is 8.67. The predicted octanol–water partition coefficient (Wildman–Crippen LogP) is 6.15. The molecule has 1 aliphatic rings. The molecule has 1 unspecified atom stereocenters. The highest BCUT2D eigenvalue weighted by molar-refractivity contribution is 9.10. The van der Waals surface area contributed by atoms with Gasteiger partial charge in [-0.1, -0.05) is 41.9 Å². The van der Waals surface area contributed by atoms with E-state index < -0.39 is 23.7 Å². The fraction of sp³-hybridized carbons (Fsp3) is 0.323. The zero-order valence-electron chi connectivity index (χ0n) is 24.4. The second kappa shape index (κ2) is 11.0. The average Bonchev–Trinajstić information content (AvgIpc) is 3.58. The summed E-state index contributed by atoms with van der Waals surface area (Å²) in [4.78, 5) is 29.4. The summed E-state index contributed by atoms with van der Waals surface area (Å²) in [5, 5.41) is 15.6. The van der Waals surface area contributed by atoms with Gasteiger partial charge in [0.1, 0.15) is 11.3 Å². The van der Waals surface area contributed by atoms with E-state index in [1.165, 1.54) is 17.0 Å². The Balaban J connectivity index is 1.46. The van der Waals surface area contributed by atoms with Crippen molar-refractivity contribution in [2.24, 2.45) is 5.92 Å². The number of carbonyl (C=O) groups is 1. The second-order valence-corrected chi connectivity index (χ2v) is 12.4. The monoisotopic (exact) mass is 667 g/mol. The molecule has 6 rings (SSSR count). The highest BCUT2D eigenvalue weighted by Crippen LogP contribution is 2.36. The molecule has 0 radical (unpaired) electrons. The number of nitrogens with one attached hydrogen (secondary N) is 1. The van der Waals surface area contributed by atoms with Crippen molar-refractivity contribution in [2.75, 3.05) is 0 Å². The number of H-pyrrole nitrogens is 1. The van der Waals surface area contributed by atoms with Gasteiger partial charge in [-0.3, -0.25) is 14.2 Å². The van der Waals surface area contributed by atoms with Crippen LogP contribution in [0.2, 0.25) is 0 Å². The van der Waals surface area contributed by atoms with Gasteiger partial charge in [-0.25, -0.2) is 4.52 Å². The topological polar surface area (TPSA) is 101 Å². The Kier molecular flexibility index (Phi) is 7.47. The van der Waals surface area contributed by atoms with E-state index in [9.17, 15) is 22.8 Å². The molecule has 44 heavy (non-hydrogen) atoms. The Morgan fingerprint density at radius 2 is 1.86 bits per heavy atom. The Bertz CT molecular complexity index is 1960. The van der Waals surface area contributed by atoms with Crippen molar-refractivity contribution in [3.63, 3.8) is 0 Å². The Hall–Kier alpha value is -4.26. The van der Waals surface area contributed by atoms with Crippen LogP contribution in [0.4, 0.5) is 13.2 Å². The minimum Gasteiger partial charge on any atom is -0.330 e. The molecule has 228 valence electrons. The smallest absolute Gasteiger partial charge is 0.330 e. The van der Waals surface area contributed by atoms with Gasteiger partial charge >= 0.3 is 6.18 Å². The third-order valence-electron chi connectivity index (χ3n) is 7.97.